The second-order valence-corrected chi connectivity index (χ2v) is 15.7. The van der Waals surface area contributed by atoms with Crippen molar-refractivity contribution in [3.8, 4) is 73.2 Å². The van der Waals surface area contributed by atoms with E-state index in [1.165, 1.54) is 38.5 Å². The van der Waals surface area contributed by atoms with Crippen LogP contribution in [0.5, 0.6) is 0 Å². The van der Waals surface area contributed by atoms with Crippen LogP contribution < -0.4 is 0 Å². The van der Waals surface area contributed by atoms with E-state index in [1.54, 1.807) is 0 Å². The van der Waals surface area contributed by atoms with E-state index in [1.807, 2.05) is 18.2 Å². The van der Waals surface area contributed by atoms with Crippen molar-refractivity contribution >= 4 is 21.8 Å². The molecule has 0 saturated heterocycles. The van der Waals surface area contributed by atoms with Gasteiger partial charge in [0.25, 0.3) is 0 Å². The molecule has 2 heterocycles. The molecule has 0 radical (unpaired) electrons. The van der Waals surface area contributed by atoms with Crippen LogP contribution in [0.2, 0.25) is 0 Å². The third-order valence-electron chi connectivity index (χ3n) is 11.8. The minimum absolute atomic E-state index is 0.115. The van der Waals surface area contributed by atoms with Gasteiger partial charge in [0.15, 0.2) is 17.5 Å². The molecule has 58 heavy (non-hydrogen) atoms. The molecule has 0 N–H and O–H groups in total. The molecule has 274 valence electrons. The topological polar surface area (TPSA) is 43.6 Å². The fourth-order valence-electron chi connectivity index (χ4n) is 8.93. The number of aromatic nitrogens is 4. The molecule has 0 bridgehead atoms. The maximum atomic E-state index is 5.27. The van der Waals surface area contributed by atoms with Gasteiger partial charge in [-0.3, -0.25) is 0 Å². The highest BCUT2D eigenvalue weighted by molar-refractivity contribution is 6.11. The van der Waals surface area contributed by atoms with Crippen LogP contribution in [-0.4, -0.2) is 19.5 Å². The molecule has 0 fully saturated rings. The normalized spacial score (nSPS) is 12.8. The van der Waals surface area contributed by atoms with E-state index >= 15 is 0 Å². The number of fused-ring (bicyclic) bond motifs is 6. The first-order valence-electron chi connectivity index (χ1n) is 19.9. The summed E-state index contributed by atoms with van der Waals surface area (Å²) in [6.45, 7) is 4.69. The van der Waals surface area contributed by atoms with Crippen LogP contribution in [-0.2, 0) is 5.41 Å². The summed E-state index contributed by atoms with van der Waals surface area (Å²) in [6, 6.07) is 69.0. The molecular weight excluding hydrogens is 705 g/mol. The quantitative estimate of drug-likeness (QED) is 0.170. The van der Waals surface area contributed by atoms with Crippen LogP contribution in [0, 0.1) is 0 Å². The maximum absolute atomic E-state index is 5.27. The van der Waals surface area contributed by atoms with E-state index in [9.17, 15) is 0 Å². The van der Waals surface area contributed by atoms with E-state index in [0.29, 0.717) is 17.5 Å². The fourth-order valence-corrected chi connectivity index (χ4v) is 8.93. The highest BCUT2D eigenvalue weighted by Crippen LogP contribution is 2.51. The molecule has 0 unspecified atom stereocenters. The van der Waals surface area contributed by atoms with Crippen molar-refractivity contribution < 1.29 is 0 Å². The Morgan fingerprint density at radius 1 is 0.345 bits per heavy atom. The van der Waals surface area contributed by atoms with Crippen molar-refractivity contribution in [1.29, 1.82) is 0 Å². The smallest absolute Gasteiger partial charge is 0.164 e. The first-order chi connectivity index (χ1) is 28.5. The van der Waals surface area contributed by atoms with Crippen molar-refractivity contribution in [2.75, 3.05) is 0 Å². The molecule has 4 heteroatoms. The fraction of sp³-hybridized carbons (Fsp3) is 0.0556. The molecule has 0 amide bonds. The van der Waals surface area contributed by atoms with E-state index in [4.69, 9.17) is 15.0 Å². The maximum Gasteiger partial charge on any atom is 0.164 e. The van der Waals surface area contributed by atoms with Crippen LogP contribution in [0.25, 0.3) is 95.0 Å². The molecule has 1 aliphatic rings. The third-order valence-corrected chi connectivity index (χ3v) is 11.8. The second-order valence-electron chi connectivity index (χ2n) is 15.7. The Balaban J connectivity index is 1.11. The van der Waals surface area contributed by atoms with Gasteiger partial charge in [-0.2, -0.15) is 0 Å². The Bertz CT molecular complexity index is 3120. The summed E-state index contributed by atoms with van der Waals surface area (Å²) < 4.78 is 2.41. The summed E-state index contributed by atoms with van der Waals surface area (Å²) in [7, 11) is 0. The van der Waals surface area contributed by atoms with Gasteiger partial charge in [-0.1, -0.05) is 159 Å². The number of hydrogen-bond acceptors (Lipinski definition) is 3. The largest absolute Gasteiger partial charge is 0.309 e. The average molecular weight is 743 g/mol. The van der Waals surface area contributed by atoms with Crippen LogP contribution >= 0.6 is 0 Å². The Kier molecular flexibility index (Phi) is 7.80. The Hall–Kier alpha value is -7.43. The van der Waals surface area contributed by atoms with Gasteiger partial charge in [0.05, 0.1) is 11.0 Å². The summed E-state index contributed by atoms with van der Waals surface area (Å²) in [4.78, 5) is 15.6. The lowest BCUT2D eigenvalue weighted by atomic mass is 9.82. The minimum Gasteiger partial charge on any atom is -0.309 e. The number of nitrogens with zero attached hydrogens (tertiary/aromatic N) is 4. The molecule has 0 atom stereocenters. The SMILES string of the molecule is CC1(C)c2ccccc2-c2cc3c4ccccc4n(-c4cccc(-c5nc(-c6ccccc6)nc(-c6cc(-c7ccccc7)cc(-c7ccccc7)c6)n5)c4)c3cc21. The molecule has 0 aliphatic heterocycles. The molecule has 11 rings (SSSR count). The van der Waals surface area contributed by atoms with Gasteiger partial charge >= 0.3 is 0 Å². The molecular formula is C54H38N4. The molecule has 4 nitrogen and oxygen atoms in total. The summed E-state index contributed by atoms with van der Waals surface area (Å²) >= 11 is 0. The van der Waals surface area contributed by atoms with E-state index < -0.39 is 0 Å². The van der Waals surface area contributed by atoms with Crippen molar-refractivity contribution in [3.05, 3.63) is 205 Å². The standard InChI is InChI=1S/C54H38N4/c1-54(2)47-27-14-12-25-43(47)45-33-46-44-26-13-15-28-49(44)58(50(46)34-48(45)54)42-24-16-23-38(32-42)52-55-51(37-21-10-5-11-22-37)56-53(57-52)41-30-39(35-17-6-3-7-18-35)29-40(31-41)36-19-8-4-9-20-36/h3-34H,1-2H3. The van der Waals surface area contributed by atoms with E-state index in [0.717, 1.165) is 50.1 Å². The monoisotopic (exact) mass is 742 g/mol. The molecule has 0 spiro atoms. The number of para-hydroxylation sites is 1. The van der Waals surface area contributed by atoms with Gasteiger partial charge in [0.1, 0.15) is 0 Å². The number of benzene rings is 8. The van der Waals surface area contributed by atoms with E-state index in [2.05, 4.69) is 194 Å². The van der Waals surface area contributed by atoms with Gasteiger partial charge in [-0.05, 0) is 93.0 Å². The van der Waals surface area contributed by atoms with Crippen LogP contribution in [0.4, 0.5) is 0 Å². The first kappa shape index (κ1) is 33.9. The minimum atomic E-state index is -0.115. The lowest BCUT2D eigenvalue weighted by molar-refractivity contribution is 0.661. The average Bonchev–Trinajstić information content (AvgIpc) is 3.73. The van der Waals surface area contributed by atoms with Crippen molar-refractivity contribution in [1.82, 2.24) is 19.5 Å². The molecule has 10 aromatic rings. The summed E-state index contributed by atoms with van der Waals surface area (Å²) in [5, 5.41) is 2.47. The van der Waals surface area contributed by atoms with Gasteiger partial charge < -0.3 is 4.57 Å². The number of rotatable bonds is 6. The van der Waals surface area contributed by atoms with E-state index in [-0.39, 0.29) is 5.41 Å². The highest BCUT2D eigenvalue weighted by atomic mass is 15.0. The Morgan fingerprint density at radius 3 is 1.57 bits per heavy atom. The lowest BCUT2D eigenvalue weighted by Crippen LogP contribution is -2.14. The number of hydrogen-bond donors (Lipinski definition) is 0. The molecule has 8 aromatic carbocycles. The lowest BCUT2D eigenvalue weighted by Gasteiger charge is -2.21. The highest BCUT2D eigenvalue weighted by Gasteiger charge is 2.36. The van der Waals surface area contributed by atoms with Crippen LogP contribution in [0.15, 0.2) is 194 Å². The van der Waals surface area contributed by atoms with Gasteiger partial charge in [-0.15, -0.1) is 0 Å². The predicted octanol–water partition coefficient (Wildman–Crippen LogP) is 13.6. The predicted molar refractivity (Wildman–Crippen MR) is 239 cm³/mol. The summed E-state index contributed by atoms with van der Waals surface area (Å²) in [6.07, 6.45) is 0. The zero-order valence-corrected chi connectivity index (χ0v) is 32.3. The summed E-state index contributed by atoms with van der Waals surface area (Å²) in [5.41, 5.74) is 15.9. The van der Waals surface area contributed by atoms with Crippen molar-refractivity contribution in [3.63, 3.8) is 0 Å². The van der Waals surface area contributed by atoms with Crippen LogP contribution in [0.1, 0.15) is 25.0 Å². The Labute approximate surface area is 337 Å². The zero-order chi connectivity index (χ0) is 38.8. The van der Waals surface area contributed by atoms with Gasteiger partial charge in [-0.25, -0.2) is 15.0 Å². The van der Waals surface area contributed by atoms with Gasteiger partial charge in [0, 0.05) is 38.6 Å². The molecule has 2 aromatic heterocycles. The van der Waals surface area contributed by atoms with Crippen molar-refractivity contribution in [2.45, 2.75) is 19.3 Å². The van der Waals surface area contributed by atoms with Crippen LogP contribution in [0.3, 0.4) is 0 Å². The Morgan fingerprint density at radius 2 is 0.879 bits per heavy atom. The van der Waals surface area contributed by atoms with Crippen molar-refractivity contribution in [2.24, 2.45) is 0 Å². The molecule has 1 aliphatic carbocycles. The summed E-state index contributed by atoms with van der Waals surface area (Å²) in [5.74, 6) is 1.88. The zero-order valence-electron chi connectivity index (χ0n) is 32.3. The first-order valence-corrected chi connectivity index (χ1v) is 19.9. The molecule has 0 saturated carbocycles. The second kappa shape index (κ2) is 13.4. The van der Waals surface area contributed by atoms with Gasteiger partial charge in [0.2, 0.25) is 0 Å². The third kappa shape index (κ3) is 5.56.